The molecule has 1 heteroatoms. The fourth-order valence-corrected chi connectivity index (χ4v) is 9.62. The van der Waals surface area contributed by atoms with E-state index in [0.717, 1.165) is 17.1 Å². The molecule has 0 N–H and O–H groups in total. The maximum Gasteiger partial charge on any atom is 0.0714 e. The minimum Gasteiger partial charge on any atom is -0.309 e. The normalized spacial score (nSPS) is 12.6. The van der Waals surface area contributed by atoms with Crippen LogP contribution in [0.2, 0.25) is 0 Å². The summed E-state index contributed by atoms with van der Waals surface area (Å²) < 4.78 is 0. The summed E-state index contributed by atoms with van der Waals surface area (Å²) in [6.07, 6.45) is 0. The lowest BCUT2D eigenvalue weighted by Gasteiger charge is -2.34. The van der Waals surface area contributed by atoms with Gasteiger partial charge in [-0.3, -0.25) is 0 Å². The molecule has 1 aliphatic rings. The van der Waals surface area contributed by atoms with Crippen LogP contribution in [0.4, 0.5) is 17.1 Å². The van der Waals surface area contributed by atoms with Gasteiger partial charge >= 0.3 is 0 Å². The van der Waals surface area contributed by atoms with Gasteiger partial charge in [-0.05, 0) is 96.6 Å². The lowest BCUT2D eigenvalue weighted by atomic mass is 9.68. The molecule has 1 nitrogen and oxygen atoms in total. The summed E-state index contributed by atoms with van der Waals surface area (Å²) >= 11 is 0. The Bertz CT molecular complexity index is 3070. The summed E-state index contributed by atoms with van der Waals surface area (Å²) in [5.74, 6) is 0. The highest BCUT2D eigenvalue weighted by Gasteiger charge is 2.47. The molecule has 1 aliphatic carbocycles. The molecule has 10 aromatic rings. The van der Waals surface area contributed by atoms with Gasteiger partial charge in [-0.15, -0.1) is 0 Å². The number of nitrogens with zero attached hydrogens (tertiary/aromatic N) is 1. The third-order valence-corrected chi connectivity index (χ3v) is 12.1. The van der Waals surface area contributed by atoms with E-state index in [0.29, 0.717) is 0 Å². The van der Waals surface area contributed by atoms with Crippen molar-refractivity contribution in [3.63, 3.8) is 0 Å². The van der Waals surface area contributed by atoms with Gasteiger partial charge in [0, 0.05) is 16.6 Å². The third kappa shape index (κ3) is 5.32. The first-order chi connectivity index (χ1) is 28.8. The maximum absolute atomic E-state index is 2.51. The number of benzene rings is 10. The molecular formula is C57H39N. The molecule has 0 amide bonds. The van der Waals surface area contributed by atoms with E-state index in [2.05, 4.69) is 241 Å². The Morgan fingerprint density at radius 2 is 0.862 bits per heavy atom. The molecule has 0 atom stereocenters. The van der Waals surface area contributed by atoms with Gasteiger partial charge in [0.1, 0.15) is 0 Å². The van der Waals surface area contributed by atoms with Gasteiger partial charge in [0.15, 0.2) is 0 Å². The van der Waals surface area contributed by atoms with Gasteiger partial charge in [0.25, 0.3) is 0 Å². The van der Waals surface area contributed by atoms with Crippen LogP contribution in [0.5, 0.6) is 0 Å². The van der Waals surface area contributed by atoms with Crippen LogP contribution < -0.4 is 4.90 Å². The number of fused-ring (bicyclic) bond motifs is 5. The van der Waals surface area contributed by atoms with E-state index < -0.39 is 5.41 Å². The Labute approximate surface area is 339 Å². The molecule has 0 aromatic heterocycles. The van der Waals surface area contributed by atoms with Crippen LogP contribution in [-0.2, 0) is 5.41 Å². The first kappa shape index (κ1) is 33.8. The molecule has 11 rings (SSSR count). The van der Waals surface area contributed by atoms with E-state index in [1.807, 2.05) is 0 Å². The van der Waals surface area contributed by atoms with Gasteiger partial charge < -0.3 is 4.90 Å². The summed E-state index contributed by atoms with van der Waals surface area (Å²) in [6.45, 7) is 0. The topological polar surface area (TPSA) is 3.24 Å². The van der Waals surface area contributed by atoms with E-state index in [1.165, 1.54) is 77.2 Å². The zero-order valence-electron chi connectivity index (χ0n) is 32.0. The minimum atomic E-state index is -0.501. The molecular weight excluding hydrogens is 699 g/mol. The number of hydrogen-bond donors (Lipinski definition) is 0. The summed E-state index contributed by atoms with van der Waals surface area (Å²) in [5.41, 5.74) is 15.4. The van der Waals surface area contributed by atoms with Gasteiger partial charge in [0.05, 0.1) is 16.8 Å². The van der Waals surface area contributed by atoms with Gasteiger partial charge in [-0.2, -0.15) is 0 Å². The highest BCUT2D eigenvalue weighted by Crippen LogP contribution is 2.59. The van der Waals surface area contributed by atoms with Crippen molar-refractivity contribution in [1.82, 2.24) is 0 Å². The van der Waals surface area contributed by atoms with Crippen molar-refractivity contribution in [1.29, 1.82) is 0 Å². The molecule has 58 heavy (non-hydrogen) atoms. The summed E-state index contributed by atoms with van der Waals surface area (Å²) in [4.78, 5) is 2.51. The van der Waals surface area contributed by atoms with Crippen LogP contribution >= 0.6 is 0 Å². The Morgan fingerprint density at radius 1 is 0.310 bits per heavy atom. The largest absolute Gasteiger partial charge is 0.309 e. The van der Waals surface area contributed by atoms with Crippen LogP contribution in [-0.4, -0.2) is 0 Å². The summed E-state index contributed by atoms with van der Waals surface area (Å²) in [7, 11) is 0. The standard InChI is InChI=1S/C57H39N/c1-4-18-41(19-5-1)48-26-12-13-27-49(48)43-35-34-40-36-37-47(39-44(40)38-43)58(54-32-16-21-42-20-10-11-28-50(42)54)55-33-17-31-53-56(55)51-29-14-15-30-52(51)57(53,45-22-6-2-7-23-45)46-24-8-3-9-25-46/h1-39H. The predicted molar refractivity (Wildman–Crippen MR) is 244 cm³/mol. The van der Waals surface area contributed by atoms with E-state index in [-0.39, 0.29) is 0 Å². The molecule has 10 aromatic carbocycles. The maximum atomic E-state index is 2.51. The molecule has 0 radical (unpaired) electrons. The second-order valence-corrected chi connectivity index (χ2v) is 15.2. The molecule has 0 heterocycles. The molecule has 0 spiro atoms. The van der Waals surface area contributed by atoms with Crippen LogP contribution in [0.1, 0.15) is 22.3 Å². The van der Waals surface area contributed by atoms with Crippen molar-refractivity contribution >= 4 is 38.6 Å². The highest BCUT2D eigenvalue weighted by molar-refractivity contribution is 6.05. The van der Waals surface area contributed by atoms with Crippen LogP contribution in [0.3, 0.4) is 0 Å². The Kier molecular flexibility index (Phi) is 8.12. The monoisotopic (exact) mass is 737 g/mol. The van der Waals surface area contributed by atoms with Crippen LogP contribution in [0, 0.1) is 0 Å². The van der Waals surface area contributed by atoms with Crippen LogP contribution in [0.15, 0.2) is 237 Å². The molecule has 0 saturated heterocycles. The van der Waals surface area contributed by atoms with Gasteiger partial charge in [0.2, 0.25) is 0 Å². The molecule has 0 unspecified atom stereocenters. The first-order valence-corrected chi connectivity index (χ1v) is 20.1. The quantitative estimate of drug-likeness (QED) is 0.157. The van der Waals surface area contributed by atoms with E-state index in [9.17, 15) is 0 Å². The van der Waals surface area contributed by atoms with Crippen molar-refractivity contribution in [3.8, 4) is 33.4 Å². The average molecular weight is 738 g/mol. The Morgan fingerprint density at radius 3 is 1.62 bits per heavy atom. The van der Waals surface area contributed by atoms with E-state index in [1.54, 1.807) is 0 Å². The third-order valence-electron chi connectivity index (χ3n) is 12.1. The van der Waals surface area contributed by atoms with Crippen molar-refractivity contribution in [3.05, 3.63) is 259 Å². The Balaban J connectivity index is 1.18. The van der Waals surface area contributed by atoms with Crippen LogP contribution in [0.25, 0.3) is 54.9 Å². The zero-order valence-corrected chi connectivity index (χ0v) is 32.0. The lowest BCUT2D eigenvalue weighted by Crippen LogP contribution is -2.28. The minimum absolute atomic E-state index is 0.501. The molecule has 272 valence electrons. The summed E-state index contributed by atoms with van der Waals surface area (Å²) in [5, 5.41) is 4.82. The van der Waals surface area contributed by atoms with Crippen molar-refractivity contribution in [2.45, 2.75) is 5.41 Å². The molecule has 0 bridgehead atoms. The number of anilines is 3. The summed E-state index contributed by atoms with van der Waals surface area (Å²) in [6, 6.07) is 86.9. The Hall–Kier alpha value is -7.48. The van der Waals surface area contributed by atoms with E-state index >= 15 is 0 Å². The number of hydrogen-bond acceptors (Lipinski definition) is 1. The SMILES string of the molecule is c1ccc(-c2ccccc2-c2ccc3ccc(N(c4cccc5c4-c4ccccc4C5(c4ccccc4)c4ccccc4)c4cccc5ccccc45)cc3c2)cc1. The predicted octanol–water partition coefficient (Wildman–Crippen LogP) is 15.2. The van der Waals surface area contributed by atoms with Crippen molar-refractivity contribution in [2.24, 2.45) is 0 Å². The molecule has 0 fully saturated rings. The zero-order chi connectivity index (χ0) is 38.5. The van der Waals surface area contributed by atoms with Gasteiger partial charge in [-0.1, -0.05) is 206 Å². The average Bonchev–Trinajstić information content (AvgIpc) is 3.61. The molecule has 0 aliphatic heterocycles. The fraction of sp³-hybridized carbons (Fsp3) is 0.0175. The smallest absolute Gasteiger partial charge is 0.0714 e. The lowest BCUT2D eigenvalue weighted by molar-refractivity contribution is 0.768. The van der Waals surface area contributed by atoms with Gasteiger partial charge in [-0.25, -0.2) is 0 Å². The van der Waals surface area contributed by atoms with Crippen molar-refractivity contribution in [2.75, 3.05) is 4.90 Å². The van der Waals surface area contributed by atoms with E-state index in [4.69, 9.17) is 0 Å². The molecule has 0 saturated carbocycles. The fourth-order valence-electron chi connectivity index (χ4n) is 9.62. The second kappa shape index (κ2) is 13.9. The second-order valence-electron chi connectivity index (χ2n) is 15.2. The number of rotatable bonds is 7. The van der Waals surface area contributed by atoms with Crippen molar-refractivity contribution < 1.29 is 0 Å². The highest BCUT2D eigenvalue weighted by atomic mass is 15.1. The first-order valence-electron chi connectivity index (χ1n) is 20.1.